The number of rotatable bonds is 6. The van der Waals surface area contributed by atoms with E-state index in [1.807, 2.05) is 36.4 Å². The fourth-order valence-electron chi connectivity index (χ4n) is 6.39. The molecular formula is C27H29NO3. The molecule has 0 aliphatic heterocycles. The van der Waals surface area contributed by atoms with Crippen molar-refractivity contribution in [3.8, 4) is 5.75 Å². The van der Waals surface area contributed by atoms with Gasteiger partial charge in [-0.25, -0.2) is 0 Å². The van der Waals surface area contributed by atoms with Gasteiger partial charge in [0.25, 0.3) is 0 Å². The number of allylic oxidation sites excluding steroid dienone is 1. The van der Waals surface area contributed by atoms with Crippen molar-refractivity contribution in [2.24, 2.45) is 23.2 Å². The van der Waals surface area contributed by atoms with Crippen molar-refractivity contribution in [1.82, 2.24) is 0 Å². The van der Waals surface area contributed by atoms with Gasteiger partial charge in [0.2, 0.25) is 5.91 Å². The first kappa shape index (κ1) is 20.0. The van der Waals surface area contributed by atoms with E-state index in [1.54, 1.807) is 31.4 Å². The van der Waals surface area contributed by atoms with Crippen LogP contribution in [0, 0.1) is 23.2 Å². The van der Waals surface area contributed by atoms with Crippen LogP contribution >= 0.6 is 0 Å². The van der Waals surface area contributed by atoms with Gasteiger partial charge in [-0.3, -0.25) is 9.59 Å². The van der Waals surface area contributed by atoms with Crippen LogP contribution in [0.1, 0.15) is 54.4 Å². The lowest BCUT2D eigenvalue weighted by Crippen LogP contribution is -2.51. The molecule has 0 aromatic heterocycles. The molecule has 0 unspecified atom stereocenters. The minimum absolute atomic E-state index is 0.0817. The number of hydrogen-bond donors (Lipinski definition) is 1. The number of ketones is 1. The lowest BCUT2D eigenvalue weighted by Gasteiger charge is -2.55. The lowest BCUT2D eigenvalue weighted by molar-refractivity contribution is -0.140. The molecule has 2 aromatic carbocycles. The summed E-state index contributed by atoms with van der Waals surface area (Å²) in [6.45, 7) is 0. The molecule has 4 heteroatoms. The summed E-state index contributed by atoms with van der Waals surface area (Å²) in [4.78, 5) is 26.0. The molecule has 4 bridgehead atoms. The molecule has 0 spiro atoms. The van der Waals surface area contributed by atoms with Gasteiger partial charge in [-0.15, -0.1) is 0 Å². The van der Waals surface area contributed by atoms with Crippen molar-refractivity contribution in [3.63, 3.8) is 0 Å². The maximum absolute atomic E-state index is 13.3. The van der Waals surface area contributed by atoms with Crippen molar-refractivity contribution < 1.29 is 14.3 Å². The van der Waals surface area contributed by atoms with Gasteiger partial charge in [-0.05, 0) is 92.2 Å². The highest BCUT2D eigenvalue weighted by Crippen LogP contribution is 2.60. The zero-order valence-electron chi connectivity index (χ0n) is 18.0. The summed E-state index contributed by atoms with van der Waals surface area (Å²) >= 11 is 0. The van der Waals surface area contributed by atoms with Gasteiger partial charge in [0.1, 0.15) is 5.75 Å². The summed E-state index contributed by atoms with van der Waals surface area (Å²) in [5.41, 5.74) is 2.03. The molecule has 2 aromatic rings. The molecule has 4 aliphatic rings. The van der Waals surface area contributed by atoms with E-state index in [9.17, 15) is 9.59 Å². The molecule has 1 amide bonds. The molecule has 1 N–H and O–H groups in total. The molecule has 4 nitrogen and oxygen atoms in total. The van der Waals surface area contributed by atoms with Crippen molar-refractivity contribution in [2.75, 3.05) is 12.4 Å². The molecule has 4 aliphatic carbocycles. The third kappa shape index (κ3) is 4.04. The second kappa shape index (κ2) is 7.99. The van der Waals surface area contributed by atoms with Crippen LogP contribution in [0.4, 0.5) is 5.69 Å². The first-order valence-electron chi connectivity index (χ1n) is 11.3. The van der Waals surface area contributed by atoms with Crippen LogP contribution < -0.4 is 10.1 Å². The zero-order chi connectivity index (χ0) is 21.4. The summed E-state index contributed by atoms with van der Waals surface area (Å²) in [6.07, 6.45) is 10.4. The van der Waals surface area contributed by atoms with E-state index >= 15 is 0 Å². The van der Waals surface area contributed by atoms with Crippen LogP contribution in [-0.2, 0) is 4.79 Å². The highest BCUT2D eigenvalue weighted by atomic mass is 16.5. The Bertz CT molecular complexity index is 986. The largest absolute Gasteiger partial charge is 0.497 e. The predicted octanol–water partition coefficient (Wildman–Crippen LogP) is 5.75. The molecule has 31 heavy (non-hydrogen) atoms. The minimum atomic E-state index is -0.191. The van der Waals surface area contributed by atoms with E-state index in [1.165, 1.54) is 19.3 Å². The van der Waals surface area contributed by atoms with Gasteiger partial charge in [0, 0.05) is 11.3 Å². The number of carbonyl (C=O) groups is 2. The van der Waals surface area contributed by atoms with Crippen molar-refractivity contribution >= 4 is 23.5 Å². The van der Waals surface area contributed by atoms with E-state index < -0.39 is 0 Å². The molecular weight excluding hydrogens is 386 g/mol. The number of nitrogens with one attached hydrogen (secondary N) is 1. The highest BCUT2D eigenvalue weighted by Gasteiger charge is 2.54. The standard InChI is InChI=1S/C27H29NO3/c1-31-24-8-5-18(6-9-24)7-10-25(29)22-3-2-4-23(14-22)28-26(30)27-15-19-11-20(16-27)13-21(12-19)17-27/h2-10,14,19-21H,11-13,15-17H2,1H3,(H,28,30)/b10-7+. The summed E-state index contributed by atoms with van der Waals surface area (Å²) in [6, 6.07) is 14.8. The van der Waals surface area contributed by atoms with E-state index in [0.717, 1.165) is 48.3 Å². The molecule has 4 fully saturated rings. The summed E-state index contributed by atoms with van der Waals surface area (Å²) in [7, 11) is 1.63. The van der Waals surface area contributed by atoms with Crippen LogP contribution in [0.5, 0.6) is 5.75 Å². The third-order valence-corrected chi connectivity index (χ3v) is 7.47. The number of anilines is 1. The Morgan fingerprint density at radius 1 is 0.968 bits per heavy atom. The Morgan fingerprint density at radius 3 is 2.23 bits per heavy atom. The van der Waals surface area contributed by atoms with Gasteiger partial charge in [-0.1, -0.05) is 30.3 Å². The van der Waals surface area contributed by atoms with Crippen molar-refractivity contribution in [1.29, 1.82) is 0 Å². The number of hydrogen-bond acceptors (Lipinski definition) is 3. The summed E-state index contributed by atoms with van der Waals surface area (Å²) in [5.74, 6) is 3.05. The topological polar surface area (TPSA) is 55.4 Å². The van der Waals surface area contributed by atoms with E-state index in [-0.39, 0.29) is 17.1 Å². The van der Waals surface area contributed by atoms with Gasteiger partial charge in [-0.2, -0.15) is 0 Å². The second-order valence-corrected chi connectivity index (χ2v) is 9.70. The Kier molecular flexibility index (Phi) is 5.17. The smallest absolute Gasteiger partial charge is 0.230 e. The average molecular weight is 416 g/mol. The Hall–Kier alpha value is -2.88. The number of benzene rings is 2. The minimum Gasteiger partial charge on any atom is -0.497 e. The highest BCUT2D eigenvalue weighted by molar-refractivity contribution is 6.07. The Labute approximate surface area is 183 Å². The maximum Gasteiger partial charge on any atom is 0.230 e. The lowest BCUT2D eigenvalue weighted by atomic mass is 9.49. The second-order valence-electron chi connectivity index (χ2n) is 9.70. The van der Waals surface area contributed by atoms with Crippen molar-refractivity contribution in [2.45, 2.75) is 38.5 Å². The summed E-state index contributed by atoms with van der Waals surface area (Å²) < 4.78 is 5.16. The Morgan fingerprint density at radius 2 is 1.61 bits per heavy atom. The third-order valence-electron chi connectivity index (χ3n) is 7.47. The zero-order valence-corrected chi connectivity index (χ0v) is 18.0. The maximum atomic E-state index is 13.3. The monoisotopic (exact) mass is 415 g/mol. The molecule has 160 valence electrons. The average Bonchev–Trinajstić information content (AvgIpc) is 2.77. The molecule has 0 radical (unpaired) electrons. The van der Waals surface area contributed by atoms with Gasteiger partial charge < -0.3 is 10.1 Å². The normalized spacial score (nSPS) is 28.6. The van der Waals surface area contributed by atoms with E-state index in [4.69, 9.17) is 4.74 Å². The fourth-order valence-corrected chi connectivity index (χ4v) is 6.39. The molecule has 4 saturated carbocycles. The van der Waals surface area contributed by atoms with Crippen LogP contribution in [-0.4, -0.2) is 18.8 Å². The van der Waals surface area contributed by atoms with E-state index in [0.29, 0.717) is 11.3 Å². The molecule has 6 rings (SSSR count). The first-order chi connectivity index (χ1) is 15.0. The predicted molar refractivity (Wildman–Crippen MR) is 122 cm³/mol. The SMILES string of the molecule is COc1ccc(/C=C/C(=O)c2cccc(NC(=O)C34CC5CC(CC(C5)C3)C4)c2)cc1. The van der Waals surface area contributed by atoms with Crippen molar-refractivity contribution in [3.05, 3.63) is 65.7 Å². The van der Waals surface area contributed by atoms with Crippen LogP contribution in [0.2, 0.25) is 0 Å². The molecule has 0 heterocycles. The first-order valence-corrected chi connectivity index (χ1v) is 11.3. The van der Waals surface area contributed by atoms with E-state index in [2.05, 4.69) is 5.32 Å². The number of ether oxygens (including phenoxy) is 1. The molecule has 0 saturated heterocycles. The fraction of sp³-hybridized carbons (Fsp3) is 0.407. The quantitative estimate of drug-likeness (QED) is 0.483. The number of amides is 1. The molecule has 0 atom stereocenters. The number of carbonyl (C=O) groups excluding carboxylic acids is 2. The van der Waals surface area contributed by atoms with Crippen LogP contribution in [0.3, 0.4) is 0 Å². The van der Waals surface area contributed by atoms with Crippen LogP contribution in [0.25, 0.3) is 6.08 Å². The summed E-state index contributed by atoms with van der Waals surface area (Å²) in [5, 5.41) is 3.15. The van der Waals surface area contributed by atoms with Crippen LogP contribution in [0.15, 0.2) is 54.6 Å². The van der Waals surface area contributed by atoms with Gasteiger partial charge in [0.15, 0.2) is 5.78 Å². The number of methoxy groups -OCH3 is 1. The van der Waals surface area contributed by atoms with Gasteiger partial charge in [0.05, 0.1) is 12.5 Å². The van der Waals surface area contributed by atoms with Gasteiger partial charge >= 0.3 is 0 Å². The Balaban J connectivity index is 1.27.